The smallest absolute Gasteiger partial charge is 0.242 e. The summed E-state index contributed by atoms with van der Waals surface area (Å²) in [4.78, 5) is 11.8. The van der Waals surface area contributed by atoms with Crippen LogP contribution in [-0.4, -0.2) is 18.5 Å². The van der Waals surface area contributed by atoms with Gasteiger partial charge in [0.1, 0.15) is 6.04 Å². The zero-order valence-corrected chi connectivity index (χ0v) is 11.9. The van der Waals surface area contributed by atoms with Crippen molar-refractivity contribution in [3.05, 3.63) is 29.3 Å². The maximum absolute atomic E-state index is 11.8. The van der Waals surface area contributed by atoms with Crippen LogP contribution in [0.1, 0.15) is 27.2 Å². The highest BCUT2D eigenvalue weighted by Crippen LogP contribution is 2.15. The number of carbonyl (C=O) groups excluding carboxylic acids is 1. The largest absolute Gasteiger partial charge is 0.374 e. The van der Waals surface area contributed by atoms with E-state index in [0.29, 0.717) is 10.9 Å². The van der Waals surface area contributed by atoms with Crippen LogP contribution in [0.25, 0.3) is 0 Å². The van der Waals surface area contributed by atoms with E-state index in [1.54, 1.807) is 12.1 Å². The third-order valence-electron chi connectivity index (χ3n) is 2.62. The number of anilines is 1. The third kappa shape index (κ3) is 5.41. The Balaban J connectivity index is 2.40. The highest BCUT2D eigenvalue weighted by Gasteiger charge is 2.11. The van der Waals surface area contributed by atoms with Crippen molar-refractivity contribution in [1.82, 2.24) is 5.32 Å². The van der Waals surface area contributed by atoms with Crippen molar-refractivity contribution in [2.24, 2.45) is 5.92 Å². The summed E-state index contributed by atoms with van der Waals surface area (Å²) >= 11 is 5.89. The molecule has 1 aromatic rings. The standard InChI is InChI=1S/C14H21ClN2O/c1-10(2)7-8-16-14(18)11(3)17-13-6-4-5-12(15)9-13/h4-6,9-11,17H,7-8H2,1-3H3,(H,16,18). The van der Waals surface area contributed by atoms with Crippen LogP contribution in [-0.2, 0) is 4.79 Å². The molecule has 1 rings (SSSR count). The molecule has 1 atom stereocenters. The first-order chi connectivity index (χ1) is 8.49. The first kappa shape index (κ1) is 14.8. The second-order valence-electron chi connectivity index (χ2n) is 4.85. The van der Waals surface area contributed by atoms with Gasteiger partial charge >= 0.3 is 0 Å². The fraction of sp³-hybridized carbons (Fsp3) is 0.500. The van der Waals surface area contributed by atoms with Gasteiger partial charge in [-0.05, 0) is 37.5 Å². The second-order valence-corrected chi connectivity index (χ2v) is 5.29. The average molecular weight is 269 g/mol. The number of carbonyl (C=O) groups is 1. The monoisotopic (exact) mass is 268 g/mol. The summed E-state index contributed by atoms with van der Waals surface area (Å²) in [6.07, 6.45) is 0.996. The number of halogens is 1. The van der Waals surface area contributed by atoms with Crippen LogP contribution < -0.4 is 10.6 Å². The van der Waals surface area contributed by atoms with E-state index in [1.807, 2.05) is 19.1 Å². The molecule has 0 spiro atoms. The van der Waals surface area contributed by atoms with Crippen LogP contribution in [0.4, 0.5) is 5.69 Å². The summed E-state index contributed by atoms with van der Waals surface area (Å²) in [5, 5.41) is 6.70. The minimum atomic E-state index is -0.268. The van der Waals surface area contributed by atoms with Crippen LogP contribution in [0.3, 0.4) is 0 Å². The van der Waals surface area contributed by atoms with Crippen molar-refractivity contribution in [2.45, 2.75) is 33.2 Å². The fourth-order valence-electron chi connectivity index (χ4n) is 1.53. The molecule has 18 heavy (non-hydrogen) atoms. The van der Waals surface area contributed by atoms with E-state index in [2.05, 4.69) is 24.5 Å². The van der Waals surface area contributed by atoms with E-state index in [0.717, 1.165) is 18.7 Å². The molecule has 0 aromatic heterocycles. The number of amides is 1. The molecular formula is C14H21ClN2O. The van der Waals surface area contributed by atoms with Gasteiger partial charge in [0.25, 0.3) is 0 Å². The molecule has 1 unspecified atom stereocenters. The van der Waals surface area contributed by atoms with Crippen LogP contribution in [0.2, 0.25) is 5.02 Å². The summed E-state index contributed by atoms with van der Waals surface area (Å²) in [6, 6.07) is 7.09. The van der Waals surface area contributed by atoms with Gasteiger partial charge in [0, 0.05) is 17.3 Å². The molecule has 1 amide bonds. The normalized spacial score (nSPS) is 12.3. The maximum atomic E-state index is 11.8. The van der Waals surface area contributed by atoms with Gasteiger partial charge in [0.15, 0.2) is 0 Å². The summed E-state index contributed by atoms with van der Waals surface area (Å²) in [5.74, 6) is 0.608. The Bertz CT molecular complexity index is 393. The summed E-state index contributed by atoms with van der Waals surface area (Å²) in [7, 11) is 0. The van der Waals surface area contributed by atoms with Crippen molar-refractivity contribution in [2.75, 3.05) is 11.9 Å². The number of hydrogen-bond acceptors (Lipinski definition) is 2. The quantitative estimate of drug-likeness (QED) is 0.831. The molecule has 100 valence electrons. The van der Waals surface area contributed by atoms with Gasteiger partial charge in [-0.25, -0.2) is 0 Å². The van der Waals surface area contributed by atoms with Crippen LogP contribution in [0, 0.1) is 5.92 Å². The molecule has 0 aliphatic heterocycles. The lowest BCUT2D eigenvalue weighted by Crippen LogP contribution is -2.38. The van der Waals surface area contributed by atoms with Gasteiger partial charge in [-0.1, -0.05) is 31.5 Å². The third-order valence-corrected chi connectivity index (χ3v) is 2.86. The summed E-state index contributed by atoms with van der Waals surface area (Å²) in [5.41, 5.74) is 0.856. The van der Waals surface area contributed by atoms with Gasteiger partial charge in [-0.3, -0.25) is 4.79 Å². The second kappa shape index (κ2) is 7.27. The molecule has 0 aliphatic rings. The summed E-state index contributed by atoms with van der Waals surface area (Å²) < 4.78 is 0. The van der Waals surface area contributed by atoms with Crippen LogP contribution in [0.15, 0.2) is 24.3 Å². The minimum Gasteiger partial charge on any atom is -0.374 e. The Morgan fingerprint density at radius 2 is 2.06 bits per heavy atom. The van der Waals surface area contributed by atoms with E-state index < -0.39 is 0 Å². The van der Waals surface area contributed by atoms with Gasteiger partial charge < -0.3 is 10.6 Å². The van der Waals surface area contributed by atoms with E-state index >= 15 is 0 Å². The van der Waals surface area contributed by atoms with Crippen molar-refractivity contribution < 1.29 is 4.79 Å². The first-order valence-electron chi connectivity index (χ1n) is 6.29. The number of hydrogen-bond donors (Lipinski definition) is 2. The maximum Gasteiger partial charge on any atom is 0.242 e. The van der Waals surface area contributed by atoms with Crippen molar-refractivity contribution in [1.29, 1.82) is 0 Å². The Hall–Kier alpha value is -1.22. The molecule has 4 heteroatoms. The highest BCUT2D eigenvalue weighted by molar-refractivity contribution is 6.30. The van der Waals surface area contributed by atoms with Crippen molar-refractivity contribution in [3.8, 4) is 0 Å². The average Bonchev–Trinajstić information content (AvgIpc) is 2.28. The highest BCUT2D eigenvalue weighted by atomic mass is 35.5. The lowest BCUT2D eigenvalue weighted by molar-refractivity contribution is -0.121. The first-order valence-corrected chi connectivity index (χ1v) is 6.66. The lowest BCUT2D eigenvalue weighted by Gasteiger charge is -2.16. The molecule has 0 saturated heterocycles. The van der Waals surface area contributed by atoms with Crippen molar-refractivity contribution >= 4 is 23.2 Å². The van der Waals surface area contributed by atoms with Crippen LogP contribution >= 0.6 is 11.6 Å². The predicted octanol–water partition coefficient (Wildman–Crippen LogP) is 3.30. The van der Waals surface area contributed by atoms with Gasteiger partial charge in [0.05, 0.1) is 0 Å². The predicted molar refractivity (Wildman–Crippen MR) is 77.0 cm³/mol. The van der Waals surface area contributed by atoms with E-state index in [9.17, 15) is 4.79 Å². The minimum absolute atomic E-state index is 0.00984. The molecule has 0 heterocycles. The molecule has 0 aliphatic carbocycles. The number of nitrogens with one attached hydrogen (secondary N) is 2. The van der Waals surface area contributed by atoms with Crippen molar-refractivity contribution in [3.63, 3.8) is 0 Å². The Morgan fingerprint density at radius 1 is 1.33 bits per heavy atom. The fourth-order valence-corrected chi connectivity index (χ4v) is 1.72. The lowest BCUT2D eigenvalue weighted by atomic mass is 10.1. The van der Waals surface area contributed by atoms with Gasteiger partial charge in [-0.15, -0.1) is 0 Å². The number of benzene rings is 1. The molecule has 0 radical (unpaired) electrons. The van der Waals surface area contributed by atoms with Crippen LogP contribution in [0.5, 0.6) is 0 Å². The molecule has 0 fully saturated rings. The Morgan fingerprint density at radius 3 is 2.67 bits per heavy atom. The zero-order chi connectivity index (χ0) is 13.5. The molecular weight excluding hydrogens is 248 g/mol. The molecule has 3 nitrogen and oxygen atoms in total. The Kier molecular flexibility index (Phi) is 5.99. The molecule has 0 saturated carbocycles. The zero-order valence-electron chi connectivity index (χ0n) is 11.2. The van der Waals surface area contributed by atoms with Gasteiger partial charge in [0.2, 0.25) is 5.91 Å². The van der Waals surface area contributed by atoms with E-state index in [1.165, 1.54) is 0 Å². The number of rotatable bonds is 6. The van der Waals surface area contributed by atoms with E-state index in [4.69, 9.17) is 11.6 Å². The van der Waals surface area contributed by atoms with Gasteiger partial charge in [-0.2, -0.15) is 0 Å². The SMILES string of the molecule is CC(C)CCNC(=O)C(C)Nc1cccc(Cl)c1. The topological polar surface area (TPSA) is 41.1 Å². The molecule has 1 aromatic carbocycles. The van der Waals surface area contributed by atoms with E-state index in [-0.39, 0.29) is 11.9 Å². The molecule has 2 N–H and O–H groups in total. The Labute approximate surface area is 114 Å². The summed E-state index contributed by atoms with van der Waals surface area (Å²) in [6.45, 7) is 6.84. The molecule has 0 bridgehead atoms.